The molecule has 0 aromatic heterocycles. The number of nitrogens with one attached hydrogen (secondary N) is 1. The summed E-state index contributed by atoms with van der Waals surface area (Å²) in [5.41, 5.74) is 6.49. The molecule has 1 aliphatic rings. The summed E-state index contributed by atoms with van der Waals surface area (Å²) in [5, 5.41) is 0.447. The molecule has 1 aromatic carbocycles. The third-order valence-electron chi connectivity index (χ3n) is 2.59. The summed E-state index contributed by atoms with van der Waals surface area (Å²) in [7, 11) is -2.09. The molecule has 3 N–H and O–H groups in total. The van der Waals surface area contributed by atoms with Crippen LogP contribution in [0.15, 0.2) is 18.2 Å². The molecule has 0 unspecified atom stereocenters. The molecule has 5 nitrogen and oxygen atoms in total. The second kappa shape index (κ2) is 4.36. The average molecular weight is 276 g/mol. The lowest BCUT2D eigenvalue weighted by atomic mass is 10.3. The van der Waals surface area contributed by atoms with Crippen molar-refractivity contribution in [3.05, 3.63) is 23.2 Å². The van der Waals surface area contributed by atoms with Crippen molar-refractivity contribution in [2.75, 3.05) is 17.1 Å². The molecule has 17 heavy (non-hydrogen) atoms. The van der Waals surface area contributed by atoms with E-state index in [0.717, 1.165) is 17.1 Å². The first-order valence-corrected chi connectivity index (χ1v) is 7.03. The maximum atomic E-state index is 12.0. The third kappa shape index (κ3) is 2.83. The smallest absolute Gasteiger partial charge is 0.301 e. The lowest BCUT2D eigenvalue weighted by molar-refractivity contribution is 0.579. The lowest BCUT2D eigenvalue weighted by Gasteiger charge is -2.21. The van der Waals surface area contributed by atoms with E-state index >= 15 is 0 Å². The second-order valence-electron chi connectivity index (χ2n) is 4.07. The topological polar surface area (TPSA) is 75.4 Å². The minimum Gasteiger partial charge on any atom is -0.397 e. The molecule has 1 aromatic rings. The number of halogens is 1. The Labute approximate surface area is 106 Å². The molecule has 7 heteroatoms. The van der Waals surface area contributed by atoms with Crippen LogP contribution in [0.3, 0.4) is 0 Å². The van der Waals surface area contributed by atoms with Gasteiger partial charge in [0.2, 0.25) is 0 Å². The van der Waals surface area contributed by atoms with Gasteiger partial charge in [-0.2, -0.15) is 13.1 Å². The zero-order valence-electron chi connectivity index (χ0n) is 9.35. The van der Waals surface area contributed by atoms with Gasteiger partial charge in [0.25, 0.3) is 0 Å². The van der Waals surface area contributed by atoms with Gasteiger partial charge >= 0.3 is 10.2 Å². The Bertz CT molecular complexity index is 528. The highest BCUT2D eigenvalue weighted by Crippen LogP contribution is 2.28. The van der Waals surface area contributed by atoms with Crippen LogP contribution in [0.2, 0.25) is 5.02 Å². The van der Waals surface area contributed by atoms with Crippen LogP contribution in [0, 0.1) is 0 Å². The molecule has 0 heterocycles. The van der Waals surface area contributed by atoms with Crippen molar-refractivity contribution >= 4 is 33.2 Å². The summed E-state index contributed by atoms with van der Waals surface area (Å²) in [5.74, 6) is 0. The molecule has 0 amide bonds. The fraction of sp³-hybridized carbons (Fsp3) is 0.400. The van der Waals surface area contributed by atoms with Crippen LogP contribution in [-0.2, 0) is 10.2 Å². The van der Waals surface area contributed by atoms with Gasteiger partial charge in [-0.1, -0.05) is 11.6 Å². The van der Waals surface area contributed by atoms with Gasteiger partial charge in [0.05, 0.1) is 11.4 Å². The van der Waals surface area contributed by atoms with E-state index in [1.54, 1.807) is 12.1 Å². The molecule has 0 aliphatic heterocycles. The third-order valence-corrected chi connectivity index (χ3v) is 4.37. The average Bonchev–Trinajstić information content (AvgIpc) is 3.03. The van der Waals surface area contributed by atoms with E-state index in [0.29, 0.717) is 16.4 Å². The number of nitrogens with two attached hydrogens (primary N) is 1. The van der Waals surface area contributed by atoms with Crippen LogP contribution in [0.4, 0.5) is 11.4 Å². The van der Waals surface area contributed by atoms with Crippen molar-refractivity contribution in [1.82, 2.24) is 4.72 Å². The highest BCUT2D eigenvalue weighted by Gasteiger charge is 2.30. The van der Waals surface area contributed by atoms with E-state index in [-0.39, 0.29) is 6.04 Å². The van der Waals surface area contributed by atoms with Crippen LogP contribution < -0.4 is 14.8 Å². The Morgan fingerprint density at radius 3 is 2.71 bits per heavy atom. The standard InChI is InChI=1S/C10H14ClN3O2S/c1-14(17(15,16)13-8-3-4-8)10-6-7(11)2-5-9(10)12/h2,5-6,8,13H,3-4,12H2,1H3. The highest BCUT2D eigenvalue weighted by atomic mass is 35.5. The Hall–Kier alpha value is -0.980. The summed E-state index contributed by atoms with van der Waals surface area (Å²) in [4.78, 5) is 0. The van der Waals surface area contributed by atoms with E-state index < -0.39 is 10.2 Å². The first kappa shape index (κ1) is 12.5. The van der Waals surface area contributed by atoms with Gasteiger partial charge in [-0.25, -0.2) is 0 Å². The van der Waals surface area contributed by atoms with Gasteiger partial charge < -0.3 is 5.73 Å². The Morgan fingerprint density at radius 1 is 1.47 bits per heavy atom. The van der Waals surface area contributed by atoms with Crippen LogP contribution in [0.25, 0.3) is 0 Å². The number of nitrogens with zero attached hydrogens (tertiary/aromatic N) is 1. The van der Waals surface area contributed by atoms with E-state index in [9.17, 15) is 8.42 Å². The molecule has 0 radical (unpaired) electrons. The number of rotatable bonds is 4. The predicted molar refractivity (Wildman–Crippen MR) is 69.3 cm³/mol. The first-order valence-electron chi connectivity index (χ1n) is 5.21. The molecule has 0 spiro atoms. The van der Waals surface area contributed by atoms with Gasteiger partial charge in [0.1, 0.15) is 0 Å². The minimum absolute atomic E-state index is 0.0582. The zero-order valence-corrected chi connectivity index (χ0v) is 10.9. The van der Waals surface area contributed by atoms with Gasteiger partial charge in [-0.15, -0.1) is 0 Å². The van der Waals surface area contributed by atoms with Gasteiger partial charge in [-0.3, -0.25) is 4.31 Å². The van der Waals surface area contributed by atoms with Crippen LogP contribution >= 0.6 is 11.6 Å². The van der Waals surface area contributed by atoms with Gasteiger partial charge in [0, 0.05) is 18.1 Å². The van der Waals surface area contributed by atoms with Crippen molar-refractivity contribution < 1.29 is 8.42 Å². The van der Waals surface area contributed by atoms with Crippen molar-refractivity contribution in [1.29, 1.82) is 0 Å². The predicted octanol–water partition coefficient (Wildman–Crippen LogP) is 1.36. The number of benzene rings is 1. The van der Waals surface area contributed by atoms with Gasteiger partial charge in [-0.05, 0) is 31.0 Å². The van der Waals surface area contributed by atoms with Crippen molar-refractivity contribution in [2.24, 2.45) is 0 Å². The van der Waals surface area contributed by atoms with Crippen molar-refractivity contribution in [2.45, 2.75) is 18.9 Å². The van der Waals surface area contributed by atoms with Crippen LogP contribution in [0.1, 0.15) is 12.8 Å². The zero-order chi connectivity index (χ0) is 12.6. The SMILES string of the molecule is CN(c1cc(Cl)ccc1N)S(=O)(=O)NC1CC1. The molecule has 1 fully saturated rings. The molecule has 0 saturated heterocycles. The molecule has 94 valence electrons. The number of hydrogen-bond acceptors (Lipinski definition) is 3. The fourth-order valence-corrected chi connectivity index (χ4v) is 2.81. The Balaban J connectivity index is 2.28. The molecular weight excluding hydrogens is 262 g/mol. The quantitative estimate of drug-likeness (QED) is 0.815. The minimum atomic E-state index is -3.54. The summed E-state index contributed by atoms with van der Waals surface area (Å²) >= 11 is 5.83. The maximum Gasteiger partial charge on any atom is 0.301 e. The molecule has 1 aliphatic carbocycles. The molecule has 2 rings (SSSR count). The summed E-state index contributed by atoms with van der Waals surface area (Å²) in [6, 6.07) is 4.79. The van der Waals surface area contributed by atoms with Crippen LogP contribution in [-0.4, -0.2) is 21.5 Å². The van der Waals surface area contributed by atoms with Crippen LogP contribution in [0.5, 0.6) is 0 Å². The molecular formula is C10H14ClN3O2S. The molecule has 0 atom stereocenters. The number of hydrogen-bond donors (Lipinski definition) is 2. The van der Waals surface area contributed by atoms with E-state index in [4.69, 9.17) is 17.3 Å². The Kier molecular flexibility index (Phi) is 3.20. The number of anilines is 2. The normalized spacial score (nSPS) is 15.9. The highest BCUT2D eigenvalue weighted by molar-refractivity contribution is 7.90. The monoisotopic (exact) mass is 275 g/mol. The second-order valence-corrected chi connectivity index (χ2v) is 6.24. The summed E-state index contributed by atoms with van der Waals surface area (Å²) in [6.45, 7) is 0. The molecule has 0 bridgehead atoms. The maximum absolute atomic E-state index is 12.0. The van der Waals surface area contributed by atoms with Crippen molar-refractivity contribution in [3.63, 3.8) is 0 Å². The van der Waals surface area contributed by atoms with E-state index in [1.165, 1.54) is 13.1 Å². The number of nitrogen functional groups attached to an aromatic ring is 1. The largest absolute Gasteiger partial charge is 0.397 e. The lowest BCUT2D eigenvalue weighted by Crippen LogP contribution is -2.39. The first-order chi connectivity index (χ1) is 7.90. The summed E-state index contributed by atoms with van der Waals surface area (Å²) < 4.78 is 27.6. The fourth-order valence-electron chi connectivity index (χ4n) is 1.41. The van der Waals surface area contributed by atoms with E-state index in [1.807, 2.05) is 0 Å². The summed E-state index contributed by atoms with van der Waals surface area (Å²) in [6.07, 6.45) is 1.77. The van der Waals surface area contributed by atoms with Gasteiger partial charge in [0.15, 0.2) is 0 Å². The van der Waals surface area contributed by atoms with E-state index in [2.05, 4.69) is 4.72 Å². The van der Waals surface area contributed by atoms with Crippen molar-refractivity contribution in [3.8, 4) is 0 Å². The Morgan fingerprint density at radius 2 is 2.12 bits per heavy atom. The molecule has 1 saturated carbocycles.